The van der Waals surface area contributed by atoms with E-state index in [1.807, 2.05) is 55.0 Å². The van der Waals surface area contributed by atoms with E-state index in [2.05, 4.69) is 15.4 Å². The summed E-state index contributed by atoms with van der Waals surface area (Å²) < 4.78 is 1.69. The molecule has 1 unspecified atom stereocenters. The summed E-state index contributed by atoms with van der Waals surface area (Å²) in [4.78, 5) is 17.9. The molecule has 3 aromatic rings. The van der Waals surface area contributed by atoms with Crippen LogP contribution in [0.2, 0.25) is 0 Å². The summed E-state index contributed by atoms with van der Waals surface area (Å²) in [5, 5.41) is 7.17. The van der Waals surface area contributed by atoms with Gasteiger partial charge in [-0.3, -0.25) is 9.48 Å². The topological polar surface area (TPSA) is 59.8 Å². The lowest BCUT2D eigenvalue weighted by atomic mass is 10.1. The predicted molar refractivity (Wildman–Crippen MR) is 91.0 cm³/mol. The van der Waals surface area contributed by atoms with Gasteiger partial charge in [-0.15, -0.1) is 11.3 Å². The quantitative estimate of drug-likeness (QED) is 0.756. The zero-order valence-corrected chi connectivity index (χ0v) is 13.7. The minimum Gasteiger partial charge on any atom is -0.349 e. The van der Waals surface area contributed by atoms with Crippen molar-refractivity contribution in [3.05, 3.63) is 59.2 Å². The highest BCUT2D eigenvalue weighted by molar-refractivity contribution is 7.10. The SMILES string of the molecule is CCC(C(=O)NCc1scnc1-c1ccccc1)n1cccn1. The molecule has 1 aromatic carbocycles. The summed E-state index contributed by atoms with van der Waals surface area (Å²) in [7, 11) is 0. The summed E-state index contributed by atoms with van der Waals surface area (Å²) in [6.45, 7) is 2.46. The van der Waals surface area contributed by atoms with E-state index in [-0.39, 0.29) is 11.9 Å². The van der Waals surface area contributed by atoms with Crippen molar-refractivity contribution in [3.8, 4) is 11.3 Å². The van der Waals surface area contributed by atoms with Crippen LogP contribution in [-0.4, -0.2) is 20.7 Å². The summed E-state index contributed by atoms with van der Waals surface area (Å²) in [6, 6.07) is 11.6. The van der Waals surface area contributed by atoms with E-state index >= 15 is 0 Å². The second kappa shape index (κ2) is 7.19. The first-order valence-corrected chi connectivity index (χ1v) is 8.42. The number of thiazole rings is 1. The molecule has 0 aliphatic heterocycles. The molecule has 0 aliphatic carbocycles. The Kier molecular flexibility index (Phi) is 4.83. The second-order valence-electron chi connectivity index (χ2n) is 5.12. The van der Waals surface area contributed by atoms with Crippen molar-refractivity contribution < 1.29 is 4.79 Å². The van der Waals surface area contributed by atoms with Crippen molar-refractivity contribution >= 4 is 17.2 Å². The number of nitrogens with zero attached hydrogens (tertiary/aromatic N) is 3. The normalized spacial score (nSPS) is 12.0. The molecule has 0 saturated heterocycles. The molecule has 5 nitrogen and oxygen atoms in total. The highest BCUT2D eigenvalue weighted by Gasteiger charge is 2.19. The first-order valence-electron chi connectivity index (χ1n) is 7.54. The molecule has 1 atom stereocenters. The molecule has 118 valence electrons. The molecule has 0 spiro atoms. The van der Waals surface area contributed by atoms with Gasteiger partial charge in [0.15, 0.2) is 0 Å². The van der Waals surface area contributed by atoms with Gasteiger partial charge in [-0.25, -0.2) is 4.98 Å². The molecule has 1 N–H and O–H groups in total. The molecule has 0 fully saturated rings. The Labute approximate surface area is 139 Å². The van der Waals surface area contributed by atoms with Crippen molar-refractivity contribution in [3.63, 3.8) is 0 Å². The van der Waals surface area contributed by atoms with Crippen LogP contribution in [0.3, 0.4) is 0 Å². The summed E-state index contributed by atoms with van der Waals surface area (Å²) >= 11 is 1.55. The first-order chi connectivity index (χ1) is 11.3. The number of amides is 1. The first kappa shape index (κ1) is 15.4. The van der Waals surface area contributed by atoms with Gasteiger partial charge in [0.25, 0.3) is 0 Å². The molecule has 0 saturated carbocycles. The zero-order chi connectivity index (χ0) is 16.1. The van der Waals surface area contributed by atoms with E-state index in [1.165, 1.54) is 0 Å². The number of rotatable bonds is 6. The Bertz CT molecular complexity index is 752. The van der Waals surface area contributed by atoms with Gasteiger partial charge < -0.3 is 5.32 Å². The third-order valence-corrected chi connectivity index (χ3v) is 4.48. The fourth-order valence-electron chi connectivity index (χ4n) is 2.47. The average Bonchev–Trinajstić information content (AvgIpc) is 3.26. The van der Waals surface area contributed by atoms with Crippen LogP contribution in [0, 0.1) is 0 Å². The Morgan fingerprint density at radius 3 is 2.83 bits per heavy atom. The monoisotopic (exact) mass is 326 g/mol. The fraction of sp³-hybridized carbons (Fsp3) is 0.235. The maximum atomic E-state index is 12.4. The molecule has 1 amide bonds. The van der Waals surface area contributed by atoms with Crippen molar-refractivity contribution in [2.45, 2.75) is 25.9 Å². The van der Waals surface area contributed by atoms with Gasteiger partial charge in [-0.05, 0) is 12.5 Å². The molecular formula is C17H18N4OS. The van der Waals surface area contributed by atoms with Gasteiger partial charge in [0.1, 0.15) is 6.04 Å². The standard InChI is InChI=1S/C17H18N4OS/c1-2-14(21-10-6-9-20-21)17(22)18-11-15-16(19-12-23-15)13-7-4-3-5-8-13/h3-10,12,14H,2,11H2,1H3,(H,18,22). The lowest BCUT2D eigenvalue weighted by molar-refractivity contribution is -0.124. The van der Waals surface area contributed by atoms with Crippen LogP contribution in [0.25, 0.3) is 11.3 Å². The van der Waals surface area contributed by atoms with Gasteiger partial charge in [-0.2, -0.15) is 5.10 Å². The molecule has 2 aromatic heterocycles. The fourth-order valence-corrected chi connectivity index (χ4v) is 3.19. The molecular weight excluding hydrogens is 308 g/mol. The third kappa shape index (κ3) is 3.48. The maximum Gasteiger partial charge on any atom is 0.245 e. The zero-order valence-electron chi connectivity index (χ0n) is 12.8. The predicted octanol–water partition coefficient (Wildman–Crippen LogP) is 3.27. The number of nitrogens with one attached hydrogen (secondary N) is 1. The lowest BCUT2D eigenvalue weighted by Gasteiger charge is -2.15. The molecule has 6 heteroatoms. The summed E-state index contributed by atoms with van der Waals surface area (Å²) in [5.41, 5.74) is 3.81. The number of hydrogen-bond acceptors (Lipinski definition) is 4. The molecule has 2 heterocycles. The Morgan fingerprint density at radius 1 is 1.30 bits per heavy atom. The maximum absolute atomic E-state index is 12.4. The van der Waals surface area contributed by atoms with Crippen LogP contribution in [0.1, 0.15) is 24.3 Å². The number of aromatic nitrogens is 3. The highest BCUT2D eigenvalue weighted by Crippen LogP contribution is 2.25. The van der Waals surface area contributed by atoms with E-state index in [9.17, 15) is 4.79 Å². The van der Waals surface area contributed by atoms with Crippen LogP contribution in [-0.2, 0) is 11.3 Å². The average molecular weight is 326 g/mol. The Morgan fingerprint density at radius 2 is 2.13 bits per heavy atom. The Hall–Kier alpha value is -2.47. The van der Waals surface area contributed by atoms with Gasteiger partial charge in [0, 0.05) is 18.0 Å². The number of benzene rings is 1. The van der Waals surface area contributed by atoms with Crippen LogP contribution in [0.5, 0.6) is 0 Å². The molecule has 0 aliphatic rings. The second-order valence-corrected chi connectivity index (χ2v) is 6.06. The molecule has 0 radical (unpaired) electrons. The summed E-state index contributed by atoms with van der Waals surface area (Å²) in [5.74, 6) is -0.0244. The van der Waals surface area contributed by atoms with Gasteiger partial charge in [0.05, 0.1) is 22.6 Å². The number of hydrogen-bond donors (Lipinski definition) is 1. The number of carbonyl (C=O) groups is 1. The van der Waals surface area contributed by atoms with Crippen LogP contribution >= 0.6 is 11.3 Å². The van der Waals surface area contributed by atoms with E-state index < -0.39 is 0 Å². The van der Waals surface area contributed by atoms with Crippen molar-refractivity contribution in [1.29, 1.82) is 0 Å². The van der Waals surface area contributed by atoms with E-state index in [4.69, 9.17) is 0 Å². The van der Waals surface area contributed by atoms with Gasteiger partial charge in [0.2, 0.25) is 5.91 Å². The Balaban J connectivity index is 1.69. The van der Waals surface area contributed by atoms with E-state index in [1.54, 1.807) is 22.2 Å². The highest BCUT2D eigenvalue weighted by atomic mass is 32.1. The van der Waals surface area contributed by atoms with E-state index in [0.717, 1.165) is 16.1 Å². The minimum absolute atomic E-state index is 0.0244. The molecule has 0 bridgehead atoms. The van der Waals surface area contributed by atoms with Crippen molar-refractivity contribution in [2.75, 3.05) is 0 Å². The molecule has 3 rings (SSSR count). The summed E-state index contributed by atoms with van der Waals surface area (Å²) in [6.07, 6.45) is 4.20. The van der Waals surface area contributed by atoms with Crippen molar-refractivity contribution in [2.24, 2.45) is 0 Å². The molecule has 23 heavy (non-hydrogen) atoms. The lowest BCUT2D eigenvalue weighted by Crippen LogP contribution is -2.32. The minimum atomic E-state index is -0.280. The largest absolute Gasteiger partial charge is 0.349 e. The van der Waals surface area contributed by atoms with Crippen molar-refractivity contribution in [1.82, 2.24) is 20.1 Å². The smallest absolute Gasteiger partial charge is 0.245 e. The van der Waals surface area contributed by atoms with E-state index in [0.29, 0.717) is 13.0 Å². The van der Waals surface area contributed by atoms with Gasteiger partial charge >= 0.3 is 0 Å². The van der Waals surface area contributed by atoms with Gasteiger partial charge in [-0.1, -0.05) is 37.3 Å². The van der Waals surface area contributed by atoms with Crippen LogP contribution in [0.15, 0.2) is 54.3 Å². The third-order valence-electron chi connectivity index (χ3n) is 3.64. The van der Waals surface area contributed by atoms with Crippen LogP contribution < -0.4 is 5.32 Å². The number of carbonyl (C=O) groups excluding carboxylic acids is 1. The van der Waals surface area contributed by atoms with Crippen LogP contribution in [0.4, 0.5) is 0 Å².